The van der Waals surface area contributed by atoms with Crippen LogP contribution in [0.2, 0.25) is 0 Å². The number of fused-ring (bicyclic) bond motifs is 1. The first-order valence-corrected chi connectivity index (χ1v) is 10.5. The number of aromatic nitrogens is 2. The average molecular weight is 477 g/mol. The van der Waals surface area contributed by atoms with Crippen LogP contribution >= 0.6 is 15.9 Å². The van der Waals surface area contributed by atoms with Gasteiger partial charge in [-0.3, -0.25) is 0 Å². The fourth-order valence-electron chi connectivity index (χ4n) is 3.81. The number of aliphatic hydroxyl groups is 2. The highest BCUT2D eigenvalue weighted by atomic mass is 79.9. The molecule has 2 N–H and O–H groups in total. The van der Waals surface area contributed by atoms with Crippen LogP contribution in [0.4, 0.5) is 4.39 Å². The van der Waals surface area contributed by atoms with E-state index in [2.05, 4.69) is 25.9 Å². The number of benzene rings is 2. The maximum Gasteiger partial charge on any atom is 0.163 e. The van der Waals surface area contributed by atoms with Crippen molar-refractivity contribution in [2.75, 3.05) is 13.7 Å². The van der Waals surface area contributed by atoms with Crippen LogP contribution in [0.3, 0.4) is 0 Å². The van der Waals surface area contributed by atoms with E-state index in [0.29, 0.717) is 57.6 Å². The number of nitrogens with zero attached hydrogens (tertiary/aromatic N) is 2. The summed E-state index contributed by atoms with van der Waals surface area (Å²) in [7, 11) is 1.54. The number of halogens is 2. The quantitative estimate of drug-likeness (QED) is 0.576. The lowest BCUT2D eigenvalue weighted by molar-refractivity contribution is -0.0317. The minimum absolute atomic E-state index is 0.140. The minimum atomic E-state index is -0.720. The van der Waals surface area contributed by atoms with Crippen LogP contribution in [-0.2, 0) is 0 Å². The molecule has 1 aliphatic carbocycles. The molecule has 1 saturated carbocycles. The van der Waals surface area contributed by atoms with E-state index in [0.717, 1.165) is 6.42 Å². The fourth-order valence-corrected chi connectivity index (χ4v) is 4.14. The zero-order valence-corrected chi connectivity index (χ0v) is 18.0. The van der Waals surface area contributed by atoms with Gasteiger partial charge < -0.3 is 19.7 Å². The first kappa shape index (κ1) is 21.0. The highest BCUT2D eigenvalue weighted by Crippen LogP contribution is 2.37. The largest absolute Gasteiger partial charge is 0.493 e. The molecule has 158 valence electrons. The van der Waals surface area contributed by atoms with Crippen LogP contribution < -0.4 is 9.47 Å². The summed E-state index contributed by atoms with van der Waals surface area (Å²) in [5.74, 6) is 0.766. The monoisotopic (exact) mass is 476 g/mol. The molecule has 0 spiro atoms. The third kappa shape index (κ3) is 4.26. The van der Waals surface area contributed by atoms with Crippen molar-refractivity contribution in [3.05, 3.63) is 46.9 Å². The Balaban J connectivity index is 1.65. The van der Waals surface area contributed by atoms with Crippen LogP contribution in [0.25, 0.3) is 22.2 Å². The summed E-state index contributed by atoms with van der Waals surface area (Å²) < 4.78 is 26.7. The lowest BCUT2D eigenvalue weighted by Crippen LogP contribution is -2.35. The fraction of sp³-hybridized carbons (Fsp3) is 0.364. The first-order valence-electron chi connectivity index (χ1n) is 9.73. The minimum Gasteiger partial charge on any atom is -0.493 e. The number of aliphatic hydroxyl groups excluding tert-OH is 2. The van der Waals surface area contributed by atoms with Crippen molar-refractivity contribution in [2.24, 2.45) is 5.92 Å². The van der Waals surface area contributed by atoms with Gasteiger partial charge in [0.05, 0.1) is 37.1 Å². The molecule has 30 heavy (non-hydrogen) atoms. The third-order valence-electron chi connectivity index (χ3n) is 5.47. The SMILES string of the molecule is COc1cc2c(-c3ccc(Br)cc3F)ncnc2cc1OCC1CCC(O)C(O)C1. The lowest BCUT2D eigenvalue weighted by atomic mass is 9.86. The number of hydrogen-bond acceptors (Lipinski definition) is 6. The van der Waals surface area contributed by atoms with Gasteiger partial charge in [-0.1, -0.05) is 15.9 Å². The Bertz CT molecular complexity index is 1060. The van der Waals surface area contributed by atoms with E-state index in [4.69, 9.17) is 9.47 Å². The van der Waals surface area contributed by atoms with Crippen molar-refractivity contribution in [1.29, 1.82) is 0 Å². The van der Waals surface area contributed by atoms with E-state index in [1.165, 1.54) is 12.4 Å². The second kappa shape index (κ2) is 8.83. The van der Waals surface area contributed by atoms with E-state index in [9.17, 15) is 14.6 Å². The molecule has 0 bridgehead atoms. The molecule has 0 amide bonds. The molecule has 4 rings (SSSR count). The number of methoxy groups -OCH3 is 1. The molecule has 1 aliphatic rings. The van der Waals surface area contributed by atoms with Gasteiger partial charge >= 0.3 is 0 Å². The molecule has 1 fully saturated rings. The summed E-state index contributed by atoms with van der Waals surface area (Å²) in [6.07, 6.45) is 1.84. The Morgan fingerprint density at radius 2 is 1.93 bits per heavy atom. The first-order chi connectivity index (χ1) is 14.5. The summed E-state index contributed by atoms with van der Waals surface area (Å²) in [5.41, 5.74) is 1.45. The number of ether oxygens (including phenoxy) is 2. The van der Waals surface area contributed by atoms with Gasteiger partial charge in [-0.05, 0) is 49.4 Å². The van der Waals surface area contributed by atoms with Gasteiger partial charge in [0.1, 0.15) is 12.1 Å². The molecule has 0 radical (unpaired) electrons. The number of rotatable bonds is 5. The summed E-state index contributed by atoms with van der Waals surface area (Å²) >= 11 is 3.27. The van der Waals surface area contributed by atoms with Gasteiger partial charge in [-0.15, -0.1) is 0 Å². The molecule has 1 aromatic heterocycles. The van der Waals surface area contributed by atoms with Crippen molar-refractivity contribution in [3.63, 3.8) is 0 Å². The number of hydrogen-bond donors (Lipinski definition) is 2. The van der Waals surface area contributed by atoms with Crippen molar-refractivity contribution < 1.29 is 24.1 Å². The summed E-state index contributed by atoms with van der Waals surface area (Å²) in [6, 6.07) is 8.33. The molecule has 6 nitrogen and oxygen atoms in total. The van der Waals surface area contributed by atoms with Gasteiger partial charge in [0.25, 0.3) is 0 Å². The van der Waals surface area contributed by atoms with E-state index in [1.54, 1.807) is 31.4 Å². The van der Waals surface area contributed by atoms with E-state index >= 15 is 0 Å². The maximum atomic E-state index is 14.5. The molecular formula is C22H22BrFN2O4. The standard InChI is InChI=1S/C22H22BrFN2O4/c1-29-20-8-15-17(9-21(20)30-10-12-2-5-18(27)19(28)6-12)25-11-26-22(15)14-4-3-13(23)7-16(14)24/h3-4,7-9,11-12,18-19,27-28H,2,5-6,10H2,1H3. The third-order valence-corrected chi connectivity index (χ3v) is 5.96. The van der Waals surface area contributed by atoms with E-state index in [1.807, 2.05) is 0 Å². The van der Waals surface area contributed by atoms with Gasteiger partial charge in [0, 0.05) is 21.5 Å². The molecular weight excluding hydrogens is 455 g/mol. The smallest absolute Gasteiger partial charge is 0.163 e. The molecule has 0 aliphatic heterocycles. The van der Waals surface area contributed by atoms with Crippen molar-refractivity contribution in [3.8, 4) is 22.8 Å². The lowest BCUT2D eigenvalue weighted by Gasteiger charge is -2.30. The van der Waals surface area contributed by atoms with Crippen LogP contribution in [0, 0.1) is 11.7 Å². The molecule has 0 saturated heterocycles. The van der Waals surface area contributed by atoms with Crippen molar-refractivity contribution in [1.82, 2.24) is 9.97 Å². The highest BCUT2D eigenvalue weighted by molar-refractivity contribution is 9.10. The topological polar surface area (TPSA) is 84.7 Å². The van der Waals surface area contributed by atoms with E-state index in [-0.39, 0.29) is 11.7 Å². The zero-order valence-electron chi connectivity index (χ0n) is 16.4. The Morgan fingerprint density at radius 1 is 1.10 bits per heavy atom. The van der Waals surface area contributed by atoms with Gasteiger partial charge in [-0.2, -0.15) is 0 Å². The maximum absolute atomic E-state index is 14.5. The molecule has 3 atom stereocenters. The van der Waals surface area contributed by atoms with Gasteiger partial charge in [-0.25, -0.2) is 14.4 Å². The second-order valence-electron chi connectivity index (χ2n) is 7.49. The van der Waals surface area contributed by atoms with Crippen LogP contribution in [0.5, 0.6) is 11.5 Å². The van der Waals surface area contributed by atoms with Gasteiger partial charge in [0.15, 0.2) is 11.5 Å². The Kier molecular flexibility index (Phi) is 6.17. The molecule has 1 heterocycles. The predicted molar refractivity (Wildman–Crippen MR) is 114 cm³/mol. The summed E-state index contributed by atoms with van der Waals surface area (Å²) in [5, 5.41) is 20.2. The molecule has 8 heteroatoms. The normalized spacial score (nSPS) is 21.6. The van der Waals surface area contributed by atoms with Gasteiger partial charge in [0.2, 0.25) is 0 Å². The van der Waals surface area contributed by atoms with Crippen LogP contribution in [0.15, 0.2) is 41.1 Å². The predicted octanol–water partition coefficient (Wildman–Crippen LogP) is 4.11. The van der Waals surface area contributed by atoms with Crippen LogP contribution in [-0.4, -0.2) is 46.1 Å². The zero-order chi connectivity index (χ0) is 21.3. The Hall–Kier alpha value is -2.29. The Morgan fingerprint density at radius 3 is 2.67 bits per heavy atom. The molecule has 2 aromatic carbocycles. The van der Waals surface area contributed by atoms with E-state index < -0.39 is 12.2 Å². The molecule has 3 unspecified atom stereocenters. The molecule has 3 aromatic rings. The summed E-state index contributed by atoms with van der Waals surface area (Å²) in [6.45, 7) is 0.394. The highest BCUT2D eigenvalue weighted by Gasteiger charge is 2.28. The second-order valence-corrected chi connectivity index (χ2v) is 8.41. The van der Waals surface area contributed by atoms with Crippen molar-refractivity contribution in [2.45, 2.75) is 31.5 Å². The van der Waals surface area contributed by atoms with Crippen LogP contribution in [0.1, 0.15) is 19.3 Å². The Labute approximate surface area is 181 Å². The summed E-state index contributed by atoms with van der Waals surface area (Å²) in [4.78, 5) is 8.61. The van der Waals surface area contributed by atoms with Crippen molar-refractivity contribution >= 4 is 26.8 Å². The average Bonchev–Trinajstić information content (AvgIpc) is 2.73.